The molecule has 1 aliphatic carbocycles. The lowest BCUT2D eigenvalue weighted by Crippen LogP contribution is -2.33. The van der Waals surface area contributed by atoms with Gasteiger partial charge >= 0.3 is 0 Å². The molecule has 0 bridgehead atoms. The molecule has 4 N–H and O–H groups in total. The molecule has 112 valence electrons. The average Bonchev–Trinajstić information content (AvgIpc) is 2.82. The van der Waals surface area contributed by atoms with E-state index in [1.165, 1.54) is 17.2 Å². The molecule has 4 rings (SSSR count). The van der Waals surface area contributed by atoms with Crippen LogP contribution in [0, 0.1) is 0 Å². The quantitative estimate of drug-likeness (QED) is 0.685. The summed E-state index contributed by atoms with van der Waals surface area (Å²) in [6, 6.07) is 0. The summed E-state index contributed by atoms with van der Waals surface area (Å²) < 4.78 is 21.6. The lowest BCUT2D eigenvalue weighted by atomic mass is 10.1. The molecule has 5 atom stereocenters. The summed E-state index contributed by atoms with van der Waals surface area (Å²) in [5.74, 6) is 0.182. The number of nitrogen functional groups attached to an aromatic ring is 1. The first-order chi connectivity index (χ1) is 9.97. The van der Waals surface area contributed by atoms with Crippen molar-refractivity contribution in [2.75, 3.05) is 5.73 Å². The molecular weight excluding hydrogens is 281 g/mol. The highest BCUT2D eigenvalue weighted by Gasteiger charge is 2.87. The van der Waals surface area contributed by atoms with Crippen molar-refractivity contribution in [1.29, 1.82) is 0 Å². The fourth-order valence-corrected chi connectivity index (χ4v) is 3.34. The highest BCUT2D eigenvalue weighted by molar-refractivity contribution is 5.81. The number of aromatic nitrogens is 4. The molecule has 0 radical (unpaired) electrons. The zero-order chi connectivity index (χ0) is 15.0. The predicted octanol–water partition coefficient (Wildman–Crippen LogP) is -0.470. The van der Waals surface area contributed by atoms with Crippen LogP contribution in [-0.2, 0) is 4.74 Å². The molecule has 0 aromatic carbocycles. The Labute approximate surface area is 118 Å². The van der Waals surface area contributed by atoms with Crippen molar-refractivity contribution in [2.45, 2.75) is 43.1 Å². The molecule has 2 fully saturated rings. The van der Waals surface area contributed by atoms with E-state index in [0.29, 0.717) is 17.6 Å². The van der Waals surface area contributed by atoms with Crippen molar-refractivity contribution in [3.63, 3.8) is 0 Å². The number of fused-ring (bicyclic) bond motifs is 2. The van der Waals surface area contributed by atoms with E-state index in [1.54, 1.807) is 6.92 Å². The van der Waals surface area contributed by atoms with Crippen LogP contribution in [0.15, 0.2) is 12.7 Å². The molecule has 1 saturated carbocycles. The van der Waals surface area contributed by atoms with E-state index >= 15 is 0 Å². The zero-order valence-electron chi connectivity index (χ0n) is 11.1. The maximum absolute atomic E-state index is 14.6. The van der Waals surface area contributed by atoms with Gasteiger partial charge in [-0.15, -0.1) is 0 Å². The van der Waals surface area contributed by atoms with Crippen LogP contribution in [0.5, 0.6) is 0 Å². The van der Waals surface area contributed by atoms with Crippen molar-refractivity contribution in [2.24, 2.45) is 0 Å². The lowest BCUT2D eigenvalue weighted by molar-refractivity contribution is -0.0906. The van der Waals surface area contributed by atoms with Gasteiger partial charge in [-0.2, -0.15) is 0 Å². The van der Waals surface area contributed by atoms with E-state index in [0.717, 1.165) is 0 Å². The van der Waals surface area contributed by atoms with Gasteiger partial charge in [0.25, 0.3) is 0 Å². The normalized spacial score (nSPS) is 41.4. The van der Waals surface area contributed by atoms with E-state index < -0.39 is 29.7 Å². The highest BCUT2D eigenvalue weighted by Crippen LogP contribution is 2.65. The minimum absolute atomic E-state index is 0.182. The minimum Gasteiger partial charge on any atom is -0.387 e. The Morgan fingerprint density at radius 2 is 2.24 bits per heavy atom. The number of nitrogens with two attached hydrogens (primary N) is 1. The van der Waals surface area contributed by atoms with Crippen molar-refractivity contribution in [3.8, 4) is 0 Å². The van der Waals surface area contributed by atoms with Gasteiger partial charge in [0.05, 0.1) is 6.33 Å². The molecule has 9 heteroatoms. The number of alkyl halides is 1. The number of ether oxygens (including phenoxy) is 1. The number of anilines is 1. The van der Waals surface area contributed by atoms with Gasteiger partial charge < -0.3 is 20.7 Å². The molecule has 8 nitrogen and oxygen atoms in total. The van der Waals surface area contributed by atoms with E-state index in [1.807, 2.05) is 0 Å². The molecule has 2 aliphatic rings. The summed E-state index contributed by atoms with van der Waals surface area (Å²) in [4.78, 5) is 11.9. The topological polar surface area (TPSA) is 119 Å². The standard InChI is InChI=1S/C12H14FN5O3/c1-2-11-10(19)12(11,20)6(13)9(21-11)18-4-17-5-7(14)15-3-16-8(5)18/h3-4,6,9-10,19-20H,2H2,1H3,(H2,14,15,16). The predicted molar refractivity (Wildman–Crippen MR) is 68.7 cm³/mol. The van der Waals surface area contributed by atoms with E-state index in [9.17, 15) is 14.6 Å². The Morgan fingerprint density at radius 3 is 2.90 bits per heavy atom. The van der Waals surface area contributed by atoms with Crippen LogP contribution in [0.1, 0.15) is 19.6 Å². The van der Waals surface area contributed by atoms with Gasteiger partial charge in [0.15, 0.2) is 29.5 Å². The summed E-state index contributed by atoms with van der Waals surface area (Å²) in [6.45, 7) is 1.72. The molecule has 2 aromatic rings. The number of halogens is 1. The van der Waals surface area contributed by atoms with Gasteiger partial charge in [-0.3, -0.25) is 4.57 Å². The largest absolute Gasteiger partial charge is 0.387 e. The fourth-order valence-electron chi connectivity index (χ4n) is 3.34. The van der Waals surface area contributed by atoms with Gasteiger partial charge in [-0.1, -0.05) is 6.92 Å². The number of hydrogen-bond donors (Lipinski definition) is 3. The Bertz CT molecular complexity index is 735. The first kappa shape index (κ1) is 12.9. The maximum Gasteiger partial charge on any atom is 0.179 e. The maximum atomic E-state index is 14.6. The first-order valence-electron chi connectivity index (χ1n) is 6.62. The summed E-state index contributed by atoms with van der Waals surface area (Å²) in [5, 5.41) is 20.1. The van der Waals surface area contributed by atoms with Crippen molar-refractivity contribution in [3.05, 3.63) is 12.7 Å². The molecule has 1 aliphatic heterocycles. The number of aliphatic hydroxyl groups is 2. The fraction of sp³-hybridized carbons (Fsp3) is 0.583. The zero-order valence-corrected chi connectivity index (χ0v) is 11.1. The number of aliphatic hydroxyl groups excluding tert-OH is 1. The van der Waals surface area contributed by atoms with Crippen molar-refractivity contribution >= 4 is 17.0 Å². The summed E-state index contributed by atoms with van der Waals surface area (Å²) >= 11 is 0. The van der Waals surface area contributed by atoms with Gasteiger partial charge in [0.2, 0.25) is 0 Å². The van der Waals surface area contributed by atoms with Gasteiger partial charge in [0, 0.05) is 0 Å². The van der Waals surface area contributed by atoms with Gasteiger partial charge in [-0.25, -0.2) is 19.3 Å². The van der Waals surface area contributed by atoms with Crippen LogP contribution in [0.2, 0.25) is 0 Å². The lowest BCUT2D eigenvalue weighted by Gasteiger charge is -2.21. The number of imidazole rings is 1. The van der Waals surface area contributed by atoms with Crippen LogP contribution in [0.3, 0.4) is 0 Å². The third-order valence-corrected chi connectivity index (χ3v) is 4.64. The molecule has 0 spiro atoms. The minimum atomic E-state index is -1.89. The SMILES string of the molecule is CCC12OC(n3cnc4c(N)ncnc43)C(F)C1(O)C2O. The summed E-state index contributed by atoms with van der Waals surface area (Å²) in [7, 11) is 0. The number of rotatable bonds is 2. The first-order valence-corrected chi connectivity index (χ1v) is 6.62. The number of nitrogens with zero attached hydrogens (tertiary/aromatic N) is 4. The Morgan fingerprint density at radius 1 is 1.48 bits per heavy atom. The Kier molecular flexibility index (Phi) is 2.25. The third kappa shape index (κ3) is 1.23. The molecule has 2 aromatic heterocycles. The Balaban J connectivity index is 1.80. The van der Waals surface area contributed by atoms with Gasteiger partial charge in [-0.05, 0) is 6.42 Å². The highest BCUT2D eigenvalue weighted by atomic mass is 19.1. The van der Waals surface area contributed by atoms with Crippen molar-refractivity contribution < 1.29 is 19.3 Å². The summed E-state index contributed by atoms with van der Waals surface area (Å²) in [5.41, 5.74) is 3.19. The molecule has 1 saturated heterocycles. The number of hydrogen-bond acceptors (Lipinski definition) is 7. The van der Waals surface area contributed by atoms with Crippen LogP contribution in [-0.4, -0.2) is 53.2 Å². The Hall–Kier alpha value is -1.84. The van der Waals surface area contributed by atoms with E-state index in [4.69, 9.17) is 10.5 Å². The second kappa shape index (κ2) is 3.67. The molecule has 3 heterocycles. The van der Waals surface area contributed by atoms with E-state index in [-0.39, 0.29) is 5.82 Å². The summed E-state index contributed by atoms with van der Waals surface area (Å²) in [6.07, 6.45) is -1.24. The van der Waals surface area contributed by atoms with Crippen molar-refractivity contribution in [1.82, 2.24) is 19.5 Å². The van der Waals surface area contributed by atoms with Crippen LogP contribution < -0.4 is 5.73 Å². The second-order valence-electron chi connectivity index (χ2n) is 5.46. The van der Waals surface area contributed by atoms with Gasteiger partial charge in [0.1, 0.15) is 23.5 Å². The van der Waals surface area contributed by atoms with Crippen LogP contribution in [0.25, 0.3) is 11.2 Å². The smallest absolute Gasteiger partial charge is 0.179 e. The third-order valence-electron chi connectivity index (χ3n) is 4.64. The monoisotopic (exact) mass is 295 g/mol. The van der Waals surface area contributed by atoms with E-state index in [2.05, 4.69) is 15.0 Å². The van der Waals surface area contributed by atoms with Crippen LogP contribution >= 0.6 is 0 Å². The average molecular weight is 295 g/mol. The second-order valence-corrected chi connectivity index (χ2v) is 5.46. The molecule has 21 heavy (non-hydrogen) atoms. The molecular formula is C12H14FN5O3. The molecule has 5 unspecified atom stereocenters. The molecule has 0 amide bonds. The van der Waals surface area contributed by atoms with Crippen LogP contribution in [0.4, 0.5) is 10.2 Å².